The van der Waals surface area contributed by atoms with E-state index in [-0.39, 0.29) is 22.6 Å². The average Bonchev–Trinajstić information content (AvgIpc) is 3.42. The number of halogens is 1. The van der Waals surface area contributed by atoms with Crippen LogP contribution in [0.15, 0.2) is 57.6 Å². The van der Waals surface area contributed by atoms with Crippen molar-refractivity contribution in [3.63, 3.8) is 0 Å². The van der Waals surface area contributed by atoms with E-state index in [2.05, 4.69) is 31.4 Å². The van der Waals surface area contributed by atoms with Crippen LogP contribution in [0.25, 0.3) is 0 Å². The molecule has 0 unspecified atom stereocenters. The van der Waals surface area contributed by atoms with E-state index in [0.29, 0.717) is 18.0 Å². The molecule has 3 heterocycles. The molecular weight excluding hydrogens is 480 g/mol. The fourth-order valence-electron chi connectivity index (χ4n) is 3.28. The normalized spacial score (nSPS) is 11.0. The highest BCUT2D eigenvalue weighted by Gasteiger charge is 2.20. The molecule has 0 saturated carbocycles. The molecule has 32 heavy (non-hydrogen) atoms. The average molecular weight is 499 g/mol. The molecule has 0 aliphatic carbocycles. The quantitative estimate of drug-likeness (QED) is 0.299. The summed E-state index contributed by atoms with van der Waals surface area (Å²) < 4.78 is 9.15. The molecule has 0 radical (unpaired) electrons. The van der Waals surface area contributed by atoms with Gasteiger partial charge in [0.1, 0.15) is 16.8 Å². The van der Waals surface area contributed by atoms with E-state index >= 15 is 0 Å². The van der Waals surface area contributed by atoms with Crippen molar-refractivity contribution in [2.24, 2.45) is 0 Å². The van der Waals surface area contributed by atoms with E-state index in [1.165, 1.54) is 10.9 Å². The number of carbonyl (C=O) groups excluding carboxylic acids is 1. The smallest absolute Gasteiger partial charge is 0.404 e. The van der Waals surface area contributed by atoms with Crippen molar-refractivity contribution in [2.75, 3.05) is 5.32 Å². The first-order chi connectivity index (χ1) is 15.3. The van der Waals surface area contributed by atoms with Crippen LogP contribution in [0.3, 0.4) is 0 Å². The number of benzene rings is 1. The lowest BCUT2D eigenvalue weighted by molar-refractivity contribution is -0.390. The summed E-state index contributed by atoms with van der Waals surface area (Å²) in [5.41, 5.74) is 3.66. The standard InChI is InChI=1S/C21H19BrN6O4/c1-13-8-14(2)27(24-13)10-15-4-3-5-16(9-15)23-21(29)19-7-6-17(32-19)11-26-12-18(22)20(25-26)28(30)31/h3-9,12H,10-11H2,1-2H3,(H,23,29). The van der Waals surface area contributed by atoms with Crippen LogP contribution in [0.4, 0.5) is 11.5 Å². The van der Waals surface area contributed by atoms with Gasteiger partial charge in [0, 0.05) is 11.4 Å². The van der Waals surface area contributed by atoms with Gasteiger partial charge in [0.25, 0.3) is 5.91 Å². The number of nitrogens with one attached hydrogen (secondary N) is 1. The summed E-state index contributed by atoms with van der Waals surface area (Å²) in [6.07, 6.45) is 1.48. The first-order valence-corrected chi connectivity index (χ1v) is 10.4. The van der Waals surface area contributed by atoms with Gasteiger partial charge in [-0.25, -0.2) is 0 Å². The highest BCUT2D eigenvalue weighted by Crippen LogP contribution is 2.23. The zero-order valence-electron chi connectivity index (χ0n) is 17.3. The second kappa shape index (κ2) is 8.79. The van der Waals surface area contributed by atoms with E-state index in [4.69, 9.17) is 4.42 Å². The first kappa shape index (κ1) is 21.5. The molecule has 10 nitrogen and oxygen atoms in total. The van der Waals surface area contributed by atoms with Crippen LogP contribution in [0.1, 0.15) is 33.3 Å². The molecule has 4 rings (SSSR count). The van der Waals surface area contributed by atoms with Crippen LogP contribution in [0.2, 0.25) is 0 Å². The largest absolute Gasteiger partial charge is 0.454 e. The summed E-state index contributed by atoms with van der Waals surface area (Å²) in [6.45, 7) is 4.70. The third-order valence-corrected chi connectivity index (χ3v) is 5.26. The number of nitrogens with zero attached hydrogens (tertiary/aromatic N) is 5. The third-order valence-electron chi connectivity index (χ3n) is 4.70. The minimum Gasteiger partial charge on any atom is -0.454 e. The number of furan rings is 1. The molecule has 0 spiro atoms. The Kier molecular flexibility index (Phi) is 5.91. The fraction of sp³-hybridized carbons (Fsp3) is 0.190. The summed E-state index contributed by atoms with van der Waals surface area (Å²) >= 11 is 3.10. The van der Waals surface area contributed by atoms with Crippen LogP contribution < -0.4 is 5.32 Å². The molecule has 3 aromatic heterocycles. The molecular formula is C21H19BrN6O4. The van der Waals surface area contributed by atoms with Crippen molar-refractivity contribution in [1.82, 2.24) is 19.6 Å². The number of aromatic nitrogens is 4. The molecule has 164 valence electrons. The topological polar surface area (TPSA) is 121 Å². The lowest BCUT2D eigenvalue weighted by Gasteiger charge is -2.08. The van der Waals surface area contributed by atoms with Crippen LogP contribution in [-0.2, 0) is 13.1 Å². The monoisotopic (exact) mass is 498 g/mol. The van der Waals surface area contributed by atoms with Gasteiger partial charge in [0.2, 0.25) is 0 Å². The van der Waals surface area contributed by atoms with E-state index in [9.17, 15) is 14.9 Å². The number of hydrogen-bond donors (Lipinski definition) is 1. The zero-order chi connectivity index (χ0) is 22.8. The Balaban J connectivity index is 1.42. The second-order valence-electron chi connectivity index (χ2n) is 7.26. The Morgan fingerprint density at radius 3 is 2.69 bits per heavy atom. The molecule has 0 aliphatic heterocycles. The van der Waals surface area contributed by atoms with Crippen molar-refractivity contribution in [3.05, 3.63) is 91.7 Å². The fourth-order valence-corrected chi connectivity index (χ4v) is 3.74. The Hall–Kier alpha value is -3.73. The van der Waals surface area contributed by atoms with E-state index in [1.54, 1.807) is 18.2 Å². The second-order valence-corrected chi connectivity index (χ2v) is 8.11. The van der Waals surface area contributed by atoms with Gasteiger partial charge in [-0.2, -0.15) is 9.78 Å². The Morgan fingerprint density at radius 1 is 1.19 bits per heavy atom. The molecule has 1 amide bonds. The molecule has 0 aliphatic rings. The van der Waals surface area contributed by atoms with Gasteiger partial charge < -0.3 is 19.8 Å². The number of rotatable bonds is 7. The van der Waals surface area contributed by atoms with Gasteiger partial charge in [-0.1, -0.05) is 12.1 Å². The van der Waals surface area contributed by atoms with Crippen molar-refractivity contribution in [1.29, 1.82) is 0 Å². The van der Waals surface area contributed by atoms with E-state index < -0.39 is 10.8 Å². The number of hydrogen-bond acceptors (Lipinski definition) is 6. The highest BCUT2D eigenvalue weighted by molar-refractivity contribution is 9.10. The molecule has 0 fully saturated rings. The minimum atomic E-state index is -0.579. The van der Waals surface area contributed by atoms with Crippen LogP contribution >= 0.6 is 15.9 Å². The maximum Gasteiger partial charge on any atom is 0.404 e. The molecule has 0 saturated heterocycles. The van der Waals surface area contributed by atoms with E-state index in [0.717, 1.165) is 17.0 Å². The van der Waals surface area contributed by atoms with E-state index in [1.807, 2.05) is 42.8 Å². The predicted molar refractivity (Wildman–Crippen MR) is 120 cm³/mol. The molecule has 0 atom stereocenters. The molecule has 1 N–H and O–H groups in total. The van der Waals surface area contributed by atoms with Crippen molar-refractivity contribution in [2.45, 2.75) is 26.9 Å². The lowest BCUT2D eigenvalue weighted by atomic mass is 10.2. The first-order valence-electron chi connectivity index (χ1n) is 9.66. The van der Waals surface area contributed by atoms with Gasteiger partial charge in [0.05, 0.1) is 23.5 Å². The third kappa shape index (κ3) is 4.78. The maximum atomic E-state index is 12.6. The van der Waals surface area contributed by atoms with Crippen molar-refractivity contribution in [3.8, 4) is 0 Å². The summed E-state index contributed by atoms with van der Waals surface area (Å²) in [7, 11) is 0. The maximum absolute atomic E-state index is 12.6. The number of amides is 1. The molecule has 1 aromatic carbocycles. The van der Waals surface area contributed by atoms with Gasteiger partial charge >= 0.3 is 5.82 Å². The van der Waals surface area contributed by atoms with Gasteiger partial charge in [-0.15, -0.1) is 0 Å². The number of aryl methyl sites for hydroxylation is 2. The minimum absolute atomic E-state index is 0.129. The zero-order valence-corrected chi connectivity index (χ0v) is 18.9. The predicted octanol–water partition coefficient (Wildman–Crippen LogP) is 4.31. The van der Waals surface area contributed by atoms with Crippen LogP contribution in [-0.4, -0.2) is 30.4 Å². The van der Waals surface area contributed by atoms with Gasteiger partial charge in [-0.3, -0.25) is 9.48 Å². The van der Waals surface area contributed by atoms with Gasteiger partial charge in [0.15, 0.2) is 5.76 Å². The molecule has 0 bridgehead atoms. The summed E-state index contributed by atoms with van der Waals surface area (Å²) in [4.78, 5) is 23.0. The SMILES string of the molecule is Cc1cc(C)n(Cc2cccc(NC(=O)c3ccc(Cn4cc(Br)c([N+](=O)[O-])n4)o3)c2)n1. The number of anilines is 1. The van der Waals surface area contributed by atoms with Crippen LogP contribution in [0, 0.1) is 24.0 Å². The highest BCUT2D eigenvalue weighted by atomic mass is 79.9. The molecule has 4 aromatic rings. The molecule has 11 heteroatoms. The summed E-state index contributed by atoms with van der Waals surface area (Å²) in [5.74, 6) is -0.106. The summed E-state index contributed by atoms with van der Waals surface area (Å²) in [6, 6.07) is 12.7. The lowest BCUT2D eigenvalue weighted by Crippen LogP contribution is -2.11. The number of nitro groups is 1. The Labute approximate surface area is 191 Å². The van der Waals surface area contributed by atoms with Gasteiger partial charge in [-0.05, 0) is 70.6 Å². The van der Waals surface area contributed by atoms with Crippen LogP contribution in [0.5, 0.6) is 0 Å². The van der Waals surface area contributed by atoms with Crippen molar-refractivity contribution >= 4 is 33.3 Å². The Bertz CT molecular complexity index is 1310. The number of carbonyl (C=O) groups is 1. The summed E-state index contributed by atoms with van der Waals surface area (Å²) in [5, 5.41) is 22.1. The Morgan fingerprint density at radius 2 is 2.00 bits per heavy atom. The van der Waals surface area contributed by atoms with Crippen molar-refractivity contribution < 1.29 is 14.1 Å².